The molecule has 92 valence electrons. The Balaban J connectivity index is 1.75. The molecule has 18 heavy (non-hydrogen) atoms. The molecular formula is C14H15N3O. The van der Waals surface area contributed by atoms with Crippen LogP contribution in [-0.4, -0.2) is 16.0 Å². The lowest BCUT2D eigenvalue weighted by molar-refractivity contribution is 0.608. The number of hydrogen-bond donors (Lipinski definition) is 2. The second-order valence-electron chi connectivity index (χ2n) is 4.65. The van der Waals surface area contributed by atoms with Crippen molar-refractivity contribution in [2.75, 3.05) is 5.32 Å². The molecule has 4 heteroatoms. The third-order valence-electron chi connectivity index (χ3n) is 3.38. The van der Waals surface area contributed by atoms with Crippen molar-refractivity contribution in [2.24, 2.45) is 0 Å². The normalized spacial score (nSPS) is 18.1. The number of nitrogens with zero attached hydrogens (tertiary/aromatic N) is 1. The van der Waals surface area contributed by atoms with Crippen LogP contribution in [-0.2, 0) is 12.8 Å². The van der Waals surface area contributed by atoms with Crippen LogP contribution in [0.4, 0.5) is 5.82 Å². The van der Waals surface area contributed by atoms with Crippen molar-refractivity contribution in [2.45, 2.75) is 25.3 Å². The number of rotatable bonds is 2. The molecule has 0 radical (unpaired) electrons. The summed E-state index contributed by atoms with van der Waals surface area (Å²) in [5.74, 6) is 0.656. The SMILES string of the molecule is O=c1cc(NC2CCc3ccccc3C2)nc[nH]1. The third kappa shape index (κ3) is 2.27. The molecule has 1 aliphatic carbocycles. The number of aryl methyl sites for hydroxylation is 1. The molecule has 1 atom stereocenters. The molecule has 1 heterocycles. The van der Waals surface area contributed by atoms with Crippen molar-refractivity contribution in [1.82, 2.24) is 9.97 Å². The molecule has 0 aliphatic heterocycles. The second kappa shape index (κ2) is 4.64. The molecule has 0 fully saturated rings. The molecule has 0 saturated carbocycles. The summed E-state index contributed by atoms with van der Waals surface area (Å²) < 4.78 is 0. The molecule has 0 amide bonds. The smallest absolute Gasteiger partial charge is 0.252 e. The fraction of sp³-hybridized carbons (Fsp3) is 0.286. The van der Waals surface area contributed by atoms with Gasteiger partial charge in [-0.05, 0) is 30.4 Å². The van der Waals surface area contributed by atoms with E-state index in [1.165, 1.54) is 23.5 Å². The van der Waals surface area contributed by atoms with E-state index in [0.717, 1.165) is 19.3 Å². The van der Waals surface area contributed by atoms with E-state index in [1.807, 2.05) is 0 Å². The van der Waals surface area contributed by atoms with Gasteiger partial charge in [0.25, 0.3) is 5.56 Å². The maximum atomic E-state index is 11.2. The van der Waals surface area contributed by atoms with Crippen molar-refractivity contribution in [1.29, 1.82) is 0 Å². The third-order valence-corrected chi connectivity index (χ3v) is 3.38. The number of nitrogens with one attached hydrogen (secondary N) is 2. The molecule has 1 aliphatic rings. The highest BCUT2D eigenvalue weighted by atomic mass is 16.1. The number of aromatic nitrogens is 2. The van der Waals surface area contributed by atoms with E-state index < -0.39 is 0 Å². The number of anilines is 1. The maximum Gasteiger partial charge on any atom is 0.252 e. The fourth-order valence-corrected chi connectivity index (χ4v) is 2.48. The minimum atomic E-state index is -0.122. The predicted octanol–water partition coefficient (Wildman–Crippen LogP) is 1.74. The van der Waals surface area contributed by atoms with Gasteiger partial charge in [-0.1, -0.05) is 24.3 Å². The summed E-state index contributed by atoms with van der Waals surface area (Å²) in [5.41, 5.74) is 2.71. The fourth-order valence-electron chi connectivity index (χ4n) is 2.48. The van der Waals surface area contributed by atoms with Crippen LogP contribution < -0.4 is 10.9 Å². The van der Waals surface area contributed by atoms with Crippen LogP contribution in [0.25, 0.3) is 0 Å². The zero-order valence-electron chi connectivity index (χ0n) is 10.0. The summed E-state index contributed by atoms with van der Waals surface area (Å²) >= 11 is 0. The Labute approximate surface area is 105 Å². The van der Waals surface area contributed by atoms with E-state index in [2.05, 4.69) is 39.6 Å². The van der Waals surface area contributed by atoms with Crippen LogP contribution in [0, 0.1) is 0 Å². The van der Waals surface area contributed by atoms with Gasteiger partial charge in [-0.25, -0.2) is 4.98 Å². The van der Waals surface area contributed by atoms with Gasteiger partial charge in [-0.3, -0.25) is 4.79 Å². The molecular weight excluding hydrogens is 226 g/mol. The van der Waals surface area contributed by atoms with E-state index in [1.54, 1.807) is 0 Å². The molecule has 0 spiro atoms. The first-order chi connectivity index (χ1) is 8.81. The summed E-state index contributed by atoms with van der Waals surface area (Å²) in [5, 5.41) is 3.33. The zero-order chi connectivity index (χ0) is 12.4. The highest BCUT2D eigenvalue weighted by molar-refractivity contribution is 5.37. The first kappa shape index (κ1) is 11.0. The quantitative estimate of drug-likeness (QED) is 0.842. The number of fused-ring (bicyclic) bond motifs is 1. The number of H-pyrrole nitrogens is 1. The Bertz CT molecular complexity index is 606. The molecule has 2 N–H and O–H groups in total. The Morgan fingerprint density at radius 2 is 2.11 bits per heavy atom. The van der Waals surface area contributed by atoms with Crippen molar-refractivity contribution >= 4 is 5.82 Å². The highest BCUT2D eigenvalue weighted by Gasteiger charge is 2.18. The van der Waals surface area contributed by atoms with Crippen molar-refractivity contribution < 1.29 is 0 Å². The predicted molar refractivity (Wildman–Crippen MR) is 70.7 cm³/mol. The van der Waals surface area contributed by atoms with Crippen LogP contribution >= 0.6 is 0 Å². The zero-order valence-corrected chi connectivity index (χ0v) is 10.0. The van der Waals surface area contributed by atoms with Gasteiger partial charge in [0.15, 0.2) is 0 Å². The molecule has 1 aromatic heterocycles. The van der Waals surface area contributed by atoms with Crippen LogP contribution in [0.3, 0.4) is 0 Å². The molecule has 4 nitrogen and oxygen atoms in total. The summed E-state index contributed by atoms with van der Waals surface area (Å²) in [6.07, 6.45) is 4.58. The lowest BCUT2D eigenvalue weighted by Crippen LogP contribution is -2.28. The van der Waals surface area contributed by atoms with Crippen LogP contribution in [0.2, 0.25) is 0 Å². The standard InChI is InChI=1S/C14H15N3O/c18-14-8-13(15-9-16-14)17-12-6-5-10-3-1-2-4-11(10)7-12/h1-4,8-9,12H,5-7H2,(H2,15,16,17,18). The van der Waals surface area contributed by atoms with Crippen LogP contribution in [0.1, 0.15) is 17.5 Å². The van der Waals surface area contributed by atoms with Crippen molar-refractivity contribution in [3.63, 3.8) is 0 Å². The minimum absolute atomic E-state index is 0.122. The largest absolute Gasteiger partial charge is 0.367 e. The summed E-state index contributed by atoms with van der Waals surface area (Å²) in [6, 6.07) is 10.4. The van der Waals surface area contributed by atoms with Gasteiger partial charge >= 0.3 is 0 Å². The van der Waals surface area contributed by atoms with E-state index in [0.29, 0.717) is 11.9 Å². The summed E-state index contributed by atoms with van der Waals surface area (Å²) in [7, 11) is 0. The van der Waals surface area contributed by atoms with Gasteiger partial charge in [0.1, 0.15) is 5.82 Å². The minimum Gasteiger partial charge on any atom is -0.367 e. The highest BCUT2D eigenvalue weighted by Crippen LogP contribution is 2.22. The molecule has 1 aromatic carbocycles. The summed E-state index contributed by atoms with van der Waals surface area (Å²) in [6.45, 7) is 0. The Hall–Kier alpha value is -2.10. The van der Waals surface area contributed by atoms with Gasteiger partial charge in [-0.15, -0.1) is 0 Å². The van der Waals surface area contributed by atoms with Crippen molar-refractivity contribution in [3.8, 4) is 0 Å². The molecule has 3 rings (SSSR count). The lowest BCUT2D eigenvalue weighted by atomic mass is 9.88. The first-order valence-electron chi connectivity index (χ1n) is 6.19. The number of benzene rings is 1. The average Bonchev–Trinajstić information content (AvgIpc) is 2.39. The van der Waals surface area contributed by atoms with E-state index in [9.17, 15) is 4.79 Å². The van der Waals surface area contributed by atoms with Gasteiger partial charge in [0.05, 0.1) is 6.33 Å². The van der Waals surface area contributed by atoms with Gasteiger partial charge < -0.3 is 10.3 Å². The number of hydrogen-bond acceptors (Lipinski definition) is 3. The second-order valence-corrected chi connectivity index (χ2v) is 4.65. The first-order valence-corrected chi connectivity index (χ1v) is 6.19. The monoisotopic (exact) mass is 241 g/mol. The van der Waals surface area contributed by atoms with E-state index >= 15 is 0 Å². The van der Waals surface area contributed by atoms with Crippen molar-refractivity contribution in [3.05, 3.63) is 58.1 Å². The molecule has 0 saturated heterocycles. The Morgan fingerprint density at radius 1 is 1.28 bits per heavy atom. The maximum absolute atomic E-state index is 11.2. The Morgan fingerprint density at radius 3 is 2.94 bits per heavy atom. The van der Waals surface area contributed by atoms with Gasteiger partial charge in [0.2, 0.25) is 0 Å². The van der Waals surface area contributed by atoms with E-state index in [-0.39, 0.29) is 5.56 Å². The van der Waals surface area contributed by atoms with Gasteiger partial charge in [-0.2, -0.15) is 0 Å². The molecule has 0 bridgehead atoms. The Kier molecular flexibility index (Phi) is 2.84. The topological polar surface area (TPSA) is 57.8 Å². The van der Waals surface area contributed by atoms with Gasteiger partial charge in [0, 0.05) is 12.1 Å². The van der Waals surface area contributed by atoms with Crippen LogP contribution in [0.5, 0.6) is 0 Å². The number of aromatic amines is 1. The molecule has 2 aromatic rings. The van der Waals surface area contributed by atoms with E-state index in [4.69, 9.17) is 0 Å². The lowest BCUT2D eigenvalue weighted by Gasteiger charge is -2.25. The van der Waals surface area contributed by atoms with Crippen LogP contribution in [0.15, 0.2) is 41.5 Å². The average molecular weight is 241 g/mol. The molecule has 1 unspecified atom stereocenters. The summed E-state index contributed by atoms with van der Waals surface area (Å²) in [4.78, 5) is 17.8.